The maximum atomic E-state index is 2.33. The molecule has 0 aliphatic rings. The van der Waals surface area contributed by atoms with Gasteiger partial charge in [0.05, 0.1) is 0 Å². The second-order valence-electron chi connectivity index (χ2n) is 11.0. The Morgan fingerprint density at radius 3 is 1.07 bits per heavy atom. The summed E-state index contributed by atoms with van der Waals surface area (Å²) >= 11 is 0. The molecule has 0 aromatic heterocycles. The highest BCUT2D eigenvalue weighted by molar-refractivity contribution is 6.05. The quantitative estimate of drug-likeness (QED) is 0.163. The van der Waals surface area contributed by atoms with Crippen LogP contribution in [0.25, 0.3) is 22.3 Å². The molecular formula is C44H33N. The molecule has 0 radical (unpaired) electrons. The Morgan fingerprint density at radius 2 is 0.622 bits per heavy atom. The molecule has 214 valence electrons. The van der Waals surface area contributed by atoms with Crippen LogP contribution in [0, 0.1) is 0 Å². The predicted molar refractivity (Wildman–Crippen MR) is 191 cm³/mol. The lowest BCUT2D eigenvalue weighted by Crippen LogP contribution is -2.09. The second-order valence-corrected chi connectivity index (χ2v) is 11.0. The number of anilines is 3. The van der Waals surface area contributed by atoms with E-state index >= 15 is 0 Å². The molecule has 1 heteroatoms. The summed E-state index contributed by atoms with van der Waals surface area (Å²) in [5.41, 5.74) is 12.9. The molecule has 0 N–H and O–H groups in total. The minimum absolute atomic E-state index is 1.12. The zero-order valence-corrected chi connectivity index (χ0v) is 25.0. The van der Waals surface area contributed by atoms with Crippen LogP contribution in [-0.2, 0) is 0 Å². The molecular weight excluding hydrogens is 542 g/mol. The maximum absolute atomic E-state index is 2.33. The van der Waals surface area contributed by atoms with Crippen LogP contribution in [-0.4, -0.2) is 0 Å². The van der Waals surface area contributed by atoms with Crippen LogP contribution in [0.4, 0.5) is 17.1 Å². The standard InChI is InChI=1S/C44H33N/c1-6-17-35(18-7-1)43(36-19-8-2-9-20-36)44(37-21-10-3-11-22-37)39-24-16-23-38(33-39)34-29-31-42(32-30-34)45(40-25-12-4-13-26-40)41-27-14-5-15-28-41/h1-33H. The summed E-state index contributed by atoms with van der Waals surface area (Å²) in [6.45, 7) is 0. The first kappa shape index (κ1) is 27.9. The van der Waals surface area contributed by atoms with Crippen molar-refractivity contribution in [2.24, 2.45) is 0 Å². The lowest BCUT2D eigenvalue weighted by atomic mass is 9.85. The van der Waals surface area contributed by atoms with Gasteiger partial charge in [-0.2, -0.15) is 0 Å². The Bertz CT molecular complexity index is 1920. The first-order chi connectivity index (χ1) is 22.3. The molecule has 0 saturated heterocycles. The van der Waals surface area contributed by atoms with Crippen molar-refractivity contribution in [3.63, 3.8) is 0 Å². The van der Waals surface area contributed by atoms with E-state index in [1.165, 1.54) is 44.5 Å². The van der Waals surface area contributed by atoms with Gasteiger partial charge < -0.3 is 4.90 Å². The third-order valence-electron chi connectivity index (χ3n) is 8.08. The Balaban J connectivity index is 1.34. The molecule has 7 rings (SSSR count). The molecule has 0 aliphatic carbocycles. The van der Waals surface area contributed by atoms with Crippen LogP contribution in [0.1, 0.15) is 22.3 Å². The van der Waals surface area contributed by atoms with Gasteiger partial charge in [-0.25, -0.2) is 0 Å². The average Bonchev–Trinajstić information content (AvgIpc) is 3.13. The fourth-order valence-corrected chi connectivity index (χ4v) is 5.98. The molecule has 0 amide bonds. The summed E-state index contributed by atoms with van der Waals surface area (Å²) in [5, 5.41) is 0. The minimum Gasteiger partial charge on any atom is -0.311 e. The molecule has 0 heterocycles. The summed E-state index contributed by atoms with van der Waals surface area (Å²) in [4.78, 5) is 2.29. The Kier molecular flexibility index (Phi) is 8.15. The van der Waals surface area contributed by atoms with E-state index in [4.69, 9.17) is 0 Å². The summed E-state index contributed by atoms with van der Waals surface area (Å²) in [7, 11) is 0. The molecule has 0 unspecified atom stereocenters. The third kappa shape index (κ3) is 6.11. The van der Waals surface area contributed by atoms with Gasteiger partial charge in [-0.15, -0.1) is 0 Å². The van der Waals surface area contributed by atoms with Gasteiger partial charge in [0.1, 0.15) is 0 Å². The zero-order chi connectivity index (χ0) is 30.3. The lowest BCUT2D eigenvalue weighted by Gasteiger charge is -2.25. The molecule has 0 saturated carbocycles. The highest BCUT2D eigenvalue weighted by Crippen LogP contribution is 2.39. The molecule has 0 spiro atoms. The van der Waals surface area contributed by atoms with E-state index in [1.807, 2.05) is 0 Å². The van der Waals surface area contributed by atoms with Crippen LogP contribution in [0.5, 0.6) is 0 Å². The number of rotatable bonds is 8. The van der Waals surface area contributed by atoms with Crippen molar-refractivity contribution < 1.29 is 0 Å². The SMILES string of the molecule is c1ccc(C(=C(c2ccccc2)c2cccc(-c3ccc(N(c4ccccc4)c4ccccc4)cc3)c2)c2ccccc2)cc1. The number of para-hydroxylation sites is 2. The van der Waals surface area contributed by atoms with E-state index in [9.17, 15) is 0 Å². The van der Waals surface area contributed by atoms with E-state index in [2.05, 4.69) is 205 Å². The van der Waals surface area contributed by atoms with Gasteiger partial charge in [0.2, 0.25) is 0 Å². The molecule has 7 aromatic carbocycles. The molecule has 1 nitrogen and oxygen atoms in total. The zero-order valence-electron chi connectivity index (χ0n) is 25.0. The van der Waals surface area contributed by atoms with Crippen molar-refractivity contribution in [3.05, 3.63) is 222 Å². The Hall–Kier alpha value is -5.92. The number of benzene rings is 7. The van der Waals surface area contributed by atoms with E-state index in [0.717, 1.165) is 17.1 Å². The van der Waals surface area contributed by atoms with E-state index < -0.39 is 0 Å². The largest absolute Gasteiger partial charge is 0.311 e. The van der Waals surface area contributed by atoms with Crippen molar-refractivity contribution in [1.82, 2.24) is 0 Å². The highest BCUT2D eigenvalue weighted by atomic mass is 15.1. The highest BCUT2D eigenvalue weighted by Gasteiger charge is 2.17. The molecule has 45 heavy (non-hydrogen) atoms. The maximum Gasteiger partial charge on any atom is 0.0462 e. The summed E-state index contributed by atoms with van der Waals surface area (Å²) in [6.07, 6.45) is 0. The molecule has 0 aliphatic heterocycles. The number of hydrogen-bond acceptors (Lipinski definition) is 1. The van der Waals surface area contributed by atoms with Crippen LogP contribution in [0.15, 0.2) is 200 Å². The normalized spacial score (nSPS) is 10.7. The monoisotopic (exact) mass is 575 g/mol. The van der Waals surface area contributed by atoms with Gasteiger partial charge >= 0.3 is 0 Å². The van der Waals surface area contributed by atoms with Crippen LogP contribution in [0.2, 0.25) is 0 Å². The average molecular weight is 576 g/mol. The summed E-state index contributed by atoms with van der Waals surface area (Å²) in [5.74, 6) is 0. The minimum atomic E-state index is 1.12. The van der Waals surface area contributed by atoms with Crippen molar-refractivity contribution in [1.29, 1.82) is 0 Å². The lowest BCUT2D eigenvalue weighted by molar-refractivity contribution is 1.28. The summed E-state index contributed by atoms with van der Waals surface area (Å²) < 4.78 is 0. The number of hydrogen-bond donors (Lipinski definition) is 0. The number of nitrogens with zero attached hydrogens (tertiary/aromatic N) is 1. The first-order valence-electron chi connectivity index (χ1n) is 15.4. The molecule has 0 fully saturated rings. The van der Waals surface area contributed by atoms with E-state index in [-0.39, 0.29) is 0 Å². The molecule has 0 atom stereocenters. The topological polar surface area (TPSA) is 3.24 Å². The van der Waals surface area contributed by atoms with Crippen LogP contribution in [0.3, 0.4) is 0 Å². The predicted octanol–water partition coefficient (Wildman–Crippen LogP) is 11.8. The van der Waals surface area contributed by atoms with Crippen LogP contribution >= 0.6 is 0 Å². The van der Waals surface area contributed by atoms with Crippen molar-refractivity contribution >= 4 is 28.2 Å². The first-order valence-corrected chi connectivity index (χ1v) is 15.4. The smallest absolute Gasteiger partial charge is 0.0462 e. The Morgan fingerprint density at radius 1 is 0.267 bits per heavy atom. The van der Waals surface area contributed by atoms with E-state index in [0.29, 0.717) is 0 Å². The summed E-state index contributed by atoms with van der Waals surface area (Å²) in [6, 6.07) is 71.1. The molecule has 7 aromatic rings. The van der Waals surface area contributed by atoms with Gasteiger partial charge in [0.15, 0.2) is 0 Å². The van der Waals surface area contributed by atoms with Crippen molar-refractivity contribution in [2.75, 3.05) is 4.90 Å². The van der Waals surface area contributed by atoms with Gasteiger partial charge in [-0.1, -0.05) is 158 Å². The van der Waals surface area contributed by atoms with Gasteiger partial charge in [-0.05, 0) is 87.0 Å². The fraction of sp³-hybridized carbons (Fsp3) is 0. The second kappa shape index (κ2) is 13.2. The van der Waals surface area contributed by atoms with Gasteiger partial charge in [0, 0.05) is 17.1 Å². The third-order valence-corrected chi connectivity index (χ3v) is 8.08. The Labute approximate surface area is 266 Å². The van der Waals surface area contributed by atoms with Crippen molar-refractivity contribution in [2.45, 2.75) is 0 Å². The van der Waals surface area contributed by atoms with Gasteiger partial charge in [-0.3, -0.25) is 0 Å². The van der Waals surface area contributed by atoms with Crippen LogP contribution < -0.4 is 4.90 Å². The van der Waals surface area contributed by atoms with Gasteiger partial charge in [0.25, 0.3) is 0 Å². The van der Waals surface area contributed by atoms with E-state index in [1.54, 1.807) is 0 Å². The van der Waals surface area contributed by atoms with Crippen molar-refractivity contribution in [3.8, 4) is 11.1 Å². The fourth-order valence-electron chi connectivity index (χ4n) is 5.98. The molecule has 0 bridgehead atoms.